The molecule has 0 unspecified atom stereocenters. The Balaban J connectivity index is 2.14. The topological polar surface area (TPSA) is 39.1 Å². The molecule has 0 atom stereocenters. The van der Waals surface area contributed by atoms with Crippen molar-refractivity contribution in [2.75, 3.05) is 0 Å². The lowest BCUT2D eigenvalue weighted by Gasteiger charge is -2.18. The number of rotatable bonds is 1. The van der Waals surface area contributed by atoms with Gasteiger partial charge in [-0.05, 0) is 47.7 Å². The van der Waals surface area contributed by atoms with E-state index in [2.05, 4.69) is 6.07 Å². The average Bonchev–Trinajstić information content (AvgIpc) is 2.44. The highest BCUT2D eigenvalue weighted by atomic mass is 35.5. The molecule has 4 heteroatoms. The molecule has 0 N–H and O–H groups in total. The first-order valence-corrected chi connectivity index (χ1v) is 7.34. The molecule has 0 aliphatic heterocycles. The number of ketones is 1. The normalized spacial score (nSPS) is 14.1. The van der Waals surface area contributed by atoms with Crippen LogP contribution in [0.25, 0.3) is 11.1 Å². The number of fused-ring (bicyclic) bond motifs is 1. The summed E-state index contributed by atoms with van der Waals surface area (Å²) in [7, 11) is 1.75. The predicted octanol–water partition coefficient (Wildman–Crippen LogP) is 3.07. The maximum Gasteiger partial charge on any atom is 0.253 e. The fraction of sp³-hybridized carbons (Fsp3) is 0.294. The molecule has 0 fully saturated rings. The van der Waals surface area contributed by atoms with Crippen molar-refractivity contribution in [1.82, 2.24) is 4.57 Å². The Hall–Kier alpha value is -1.87. The molecule has 0 saturated heterocycles. The monoisotopic (exact) mass is 301 g/mol. The SMILES string of the molecule is Cc1cc(-c2cc(Cl)c3c(c2)CCC(=O)C3)cn(C)c1=O. The molecular weight excluding hydrogens is 286 g/mol. The molecule has 1 aromatic heterocycles. The minimum Gasteiger partial charge on any atom is -0.318 e. The molecule has 0 bridgehead atoms. The number of pyridine rings is 1. The van der Waals surface area contributed by atoms with Gasteiger partial charge >= 0.3 is 0 Å². The van der Waals surface area contributed by atoms with Gasteiger partial charge < -0.3 is 4.57 Å². The zero-order valence-corrected chi connectivity index (χ0v) is 12.8. The number of nitrogens with zero attached hydrogens (tertiary/aromatic N) is 1. The van der Waals surface area contributed by atoms with Crippen molar-refractivity contribution in [2.45, 2.75) is 26.2 Å². The van der Waals surface area contributed by atoms with Gasteiger partial charge in [-0.3, -0.25) is 9.59 Å². The number of halogens is 1. The highest BCUT2D eigenvalue weighted by molar-refractivity contribution is 6.32. The van der Waals surface area contributed by atoms with E-state index >= 15 is 0 Å². The molecular formula is C17H16ClNO2. The van der Waals surface area contributed by atoms with Crippen LogP contribution in [0.4, 0.5) is 0 Å². The Labute approximate surface area is 128 Å². The summed E-state index contributed by atoms with van der Waals surface area (Å²) in [6.45, 7) is 1.81. The Morgan fingerprint density at radius 3 is 2.57 bits per heavy atom. The van der Waals surface area contributed by atoms with Crippen molar-refractivity contribution < 1.29 is 4.79 Å². The van der Waals surface area contributed by atoms with Crippen LogP contribution in [0.5, 0.6) is 0 Å². The summed E-state index contributed by atoms with van der Waals surface area (Å²) in [6, 6.07) is 5.86. The maximum atomic E-state index is 11.8. The van der Waals surface area contributed by atoms with Gasteiger partial charge in [0.15, 0.2) is 0 Å². The van der Waals surface area contributed by atoms with Gasteiger partial charge in [0.1, 0.15) is 5.78 Å². The third kappa shape index (κ3) is 2.54. The standard InChI is InChI=1S/C17H16ClNO2/c1-10-5-13(9-19(2)17(10)21)12-6-11-3-4-14(20)8-15(11)16(18)7-12/h5-7,9H,3-4,8H2,1-2H3. The van der Waals surface area contributed by atoms with E-state index in [1.165, 1.54) is 0 Å². The van der Waals surface area contributed by atoms with Gasteiger partial charge in [-0.2, -0.15) is 0 Å². The van der Waals surface area contributed by atoms with Crippen molar-refractivity contribution in [1.29, 1.82) is 0 Å². The summed E-state index contributed by atoms with van der Waals surface area (Å²) in [5.74, 6) is 0.245. The van der Waals surface area contributed by atoms with Crippen molar-refractivity contribution in [3.63, 3.8) is 0 Å². The summed E-state index contributed by atoms with van der Waals surface area (Å²) < 4.78 is 1.58. The number of Topliss-reactive ketones (excluding diaryl/α,β-unsaturated/α-hetero) is 1. The fourth-order valence-corrected chi connectivity index (χ4v) is 3.18. The van der Waals surface area contributed by atoms with E-state index in [0.717, 1.165) is 28.7 Å². The number of aryl methyl sites for hydroxylation is 3. The Morgan fingerprint density at radius 2 is 1.86 bits per heavy atom. The number of carbonyl (C=O) groups is 1. The number of hydrogen-bond donors (Lipinski definition) is 0. The molecule has 1 aromatic carbocycles. The maximum absolute atomic E-state index is 11.8. The van der Waals surface area contributed by atoms with Crippen molar-refractivity contribution in [3.8, 4) is 11.1 Å². The summed E-state index contributed by atoms with van der Waals surface area (Å²) in [5.41, 5.74) is 4.78. The largest absolute Gasteiger partial charge is 0.318 e. The van der Waals surface area contributed by atoms with Crippen molar-refractivity contribution in [2.24, 2.45) is 7.05 Å². The van der Waals surface area contributed by atoms with Gasteiger partial charge in [0, 0.05) is 36.7 Å². The first-order chi connectivity index (χ1) is 9.95. The average molecular weight is 302 g/mol. The fourth-order valence-electron chi connectivity index (χ4n) is 2.88. The number of aromatic nitrogens is 1. The summed E-state index contributed by atoms with van der Waals surface area (Å²) in [4.78, 5) is 23.4. The third-order valence-corrected chi connectivity index (χ3v) is 4.37. The van der Waals surface area contributed by atoms with Crippen LogP contribution < -0.4 is 5.56 Å². The molecule has 0 spiro atoms. The van der Waals surface area contributed by atoms with Crippen LogP contribution in [0.3, 0.4) is 0 Å². The predicted molar refractivity (Wildman–Crippen MR) is 83.9 cm³/mol. The minimum absolute atomic E-state index is 0.00778. The van der Waals surface area contributed by atoms with E-state index in [-0.39, 0.29) is 11.3 Å². The highest BCUT2D eigenvalue weighted by Gasteiger charge is 2.19. The second-order valence-electron chi connectivity index (χ2n) is 5.64. The lowest BCUT2D eigenvalue weighted by molar-refractivity contribution is -0.118. The van der Waals surface area contributed by atoms with Gasteiger partial charge in [-0.25, -0.2) is 0 Å². The summed E-state index contributed by atoms with van der Waals surface area (Å²) >= 11 is 6.35. The van der Waals surface area contributed by atoms with E-state index in [1.54, 1.807) is 11.6 Å². The first-order valence-electron chi connectivity index (χ1n) is 6.96. The van der Waals surface area contributed by atoms with Gasteiger partial charge in [0.05, 0.1) is 0 Å². The molecule has 3 rings (SSSR count). The van der Waals surface area contributed by atoms with Gasteiger partial charge in [-0.1, -0.05) is 17.7 Å². The van der Waals surface area contributed by atoms with Crippen LogP contribution in [0, 0.1) is 6.92 Å². The molecule has 0 amide bonds. The van der Waals surface area contributed by atoms with E-state index < -0.39 is 0 Å². The Bertz CT molecular complexity index is 779. The molecule has 1 aliphatic rings. The minimum atomic E-state index is 0.00778. The second-order valence-corrected chi connectivity index (χ2v) is 6.05. The number of carbonyl (C=O) groups excluding carboxylic acids is 1. The van der Waals surface area contributed by atoms with Crippen LogP contribution in [-0.2, 0) is 24.7 Å². The van der Waals surface area contributed by atoms with Crippen LogP contribution in [-0.4, -0.2) is 10.4 Å². The Kier molecular flexibility index (Phi) is 3.46. The van der Waals surface area contributed by atoms with Gasteiger partial charge in [0.2, 0.25) is 0 Å². The van der Waals surface area contributed by atoms with E-state index in [0.29, 0.717) is 23.4 Å². The van der Waals surface area contributed by atoms with Crippen molar-refractivity contribution >= 4 is 17.4 Å². The number of hydrogen-bond acceptors (Lipinski definition) is 2. The van der Waals surface area contributed by atoms with Crippen LogP contribution in [0.2, 0.25) is 5.02 Å². The van der Waals surface area contributed by atoms with E-state index in [9.17, 15) is 9.59 Å². The zero-order chi connectivity index (χ0) is 15.1. The summed E-state index contributed by atoms with van der Waals surface area (Å²) in [5, 5.41) is 0.641. The van der Waals surface area contributed by atoms with Gasteiger partial charge in [0.25, 0.3) is 5.56 Å². The lowest BCUT2D eigenvalue weighted by Crippen LogP contribution is -2.18. The van der Waals surface area contributed by atoms with Gasteiger partial charge in [-0.15, -0.1) is 0 Å². The molecule has 2 aromatic rings. The molecule has 108 valence electrons. The lowest BCUT2D eigenvalue weighted by atomic mass is 9.88. The molecule has 21 heavy (non-hydrogen) atoms. The quantitative estimate of drug-likeness (QED) is 0.812. The molecule has 1 aliphatic carbocycles. The van der Waals surface area contributed by atoms with Crippen molar-refractivity contribution in [3.05, 3.63) is 56.5 Å². The highest BCUT2D eigenvalue weighted by Crippen LogP contribution is 2.32. The zero-order valence-electron chi connectivity index (χ0n) is 12.1. The third-order valence-electron chi connectivity index (χ3n) is 4.03. The molecule has 0 radical (unpaired) electrons. The smallest absolute Gasteiger partial charge is 0.253 e. The Morgan fingerprint density at radius 1 is 1.10 bits per heavy atom. The van der Waals surface area contributed by atoms with Crippen LogP contribution in [0.15, 0.2) is 29.2 Å². The second kappa shape index (κ2) is 5.15. The first kappa shape index (κ1) is 14.1. The molecule has 3 nitrogen and oxygen atoms in total. The molecule has 0 saturated carbocycles. The van der Waals surface area contributed by atoms with Crippen LogP contribution >= 0.6 is 11.6 Å². The van der Waals surface area contributed by atoms with E-state index in [1.807, 2.05) is 25.3 Å². The van der Waals surface area contributed by atoms with Crippen LogP contribution in [0.1, 0.15) is 23.1 Å². The number of benzene rings is 1. The molecule has 1 heterocycles. The van der Waals surface area contributed by atoms with E-state index in [4.69, 9.17) is 11.6 Å². The summed E-state index contributed by atoms with van der Waals surface area (Å²) in [6.07, 6.45) is 3.58.